The van der Waals surface area contributed by atoms with E-state index in [1.807, 2.05) is 45.0 Å². The lowest BCUT2D eigenvalue weighted by Gasteiger charge is -2.37. The van der Waals surface area contributed by atoms with Gasteiger partial charge in [-0.15, -0.1) is 0 Å². The Morgan fingerprint density at radius 3 is 2.29 bits per heavy atom. The van der Waals surface area contributed by atoms with Crippen molar-refractivity contribution in [1.82, 2.24) is 20.4 Å². The molecule has 1 aliphatic heterocycles. The van der Waals surface area contributed by atoms with E-state index in [2.05, 4.69) is 20.4 Å². The summed E-state index contributed by atoms with van der Waals surface area (Å²) in [7, 11) is 1.65. The maximum absolute atomic E-state index is 12.5. The summed E-state index contributed by atoms with van der Waals surface area (Å²) in [4.78, 5) is 28.7. The second-order valence-corrected chi connectivity index (χ2v) is 7.60. The summed E-state index contributed by atoms with van der Waals surface area (Å²) in [5.41, 5.74) is 1.17. The number of amides is 2. The van der Waals surface area contributed by atoms with Crippen LogP contribution in [0.1, 0.15) is 26.3 Å². The van der Waals surface area contributed by atoms with Gasteiger partial charge in [-0.3, -0.25) is 19.4 Å². The monoisotopic (exact) mass is 390 g/mol. The minimum Gasteiger partial charge on any atom is -0.497 e. The number of benzene rings is 1. The molecule has 1 heterocycles. The van der Waals surface area contributed by atoms with Crippen molar-refractivity contribution in [3.63, 3.8) is 0 Å². The number of nitrogens with zero attached hydrogens (tertiary/aromatic N) is 2. The maximum Gasteiger partial charge on any atom is 0.237 e. The highest BCUT2D eigenvalue weighted by molar-refractivity contribution is 5.81. The lowest BCUT2D eigenvalue weighted by molar-refractivity contribution is -0.128. The Kier molecular flexibility index (Phi) is 8.73. The first-order valence-electron chi connectivity index (χ1n) is 10.1. The first-order chi connectivity index (χ1) is 13.4. The smallest absolute Gasteiger partial charge is 0.237 e. The minimum absolute atomic E-state index is 0.0551. The van der Waals surface area contributed by atoms with E-state index in [9.17, 15) is 9.59 Å². The van der Waals surface area contributed by atoms with Crippen LogP contribution in [-0.2, 0) is 16.0 Å². The van der Waals surface area contributed by atoms with Gasteiger partial charge >= 0.3 is 0 Å². The van der Waals surface area contributed by atoms with Gasteiger partial charge in [-0.25, -0.2) is 0 Å². The molecule has 2 rings (SSSR count). The van der Waals surface area contributed by atoms with E-state index in [4.69, 9.17) is 4.74 Å². The van der Waals surface area contributed by atoms with E-state index < -0.39 is 0 Å². The molecule has 0 radical (unpaired) electrons. The SMILES string of the molecule is COc1ccc(CCNC(=O)C(C)N2CCN(CC(=O)NC(C)C)CC2)cc1. The first kappa shape index (κ1) is 22.2. The fraction of sp³-hybridized carbons (Fsp3) is 0.619. The maximum atomic E-state index is 12.5. The summed E-state index contributed by atoms with van der Waals surface area (Å²) in [6, 6.07) is 7.89. The van der Waals surface area contributed by atoms with Crippen LogP contribution in [0.3, 0.4) is 0 Å². The number of carbonyl (C=O) groups excluding carboxylic acids is 2. The number of rotatable bonds is 9. The molecule has 0 bridgehead atoms. The first-order valence-corrected chi connectivity index (χ1v) is 10.1. The van der Waals surface area contributed by atoms with Gasteiger partial charge in [-0.05, 0) is 44.9 Å². The van der Waals surface area contributed by atoms with E-state index in [0.717, 1.165) is 38.3 Å². The zero-order chi connectivity index (χ0) is 20.5. The lowest BCUT2D eigenvalue weighted by atomic mass is 10.1. The van der Waals surface area contributed by atoms with Crippen LogP contribution in [-0.4, -0.2) is 80.1 Å². The Morgan fingerprint density at radius 1 is 1.07 bits per heavy atom. The number of carbonyl (C=O) groups is 2. The van der Waals surface area contributed by atoms with Gasteiger partial charge in [0.05, 0.1) is 19.7 Å². The molecule has 1 fully saturated rings. The third-order valence-electron chi connectivity index (χ3n) is 5.02. The standard InChI is InChI=1S/C21H34N4O3/c1-16(2)23-20(26)15-24-11-13-25(14-12-24)17(3)21(27)22-10-9-18-5-7-19(28-4)8-6-18/h5-8,16-17H,9-15H2,1-4H3,(H,22,27)(H,23,26). The van der Waals surface area contributed by atoms with Gasteiger partial charge in [0.15, 0.2) is 0 Å². The number of hydrogen-bond acceptors (Lipinski definition) is 5. The molecule has 0 spiro atoms. The molecule has 7 heteroatoms. The van der Waals surface area contributed by atoms with Crippen LogP contribution in [0.2, 0.25) is 0 Å². The van der Waals surface area contributed by atoms with Crippen molar-refractivity contribution in [2.75, 3.05) is 46.4 Å². The van der Waals surface area contributed by atoms with Gasteiger partial charge in [0, 0.05) is 38.8 Å². The fourth-order valence-electron chi connectivity index (χ4n) is 3.32. The Bertz CT molecular complexity index is 625. The van der Waals surface area contributed by atoms with Crippen molar-refractivity contribution < 1.29 is 14.3 Å². The molecule has 2 amide bonds. The molecule has 1 saturated heterocycles. The molecule has 1 aromatic carbocycles. The summed E-state index contributed by atoms with van der Waals surface area (Å²) < 4.78 is 5.16. The molecular weight excluding hydrogens is 356 g/mol. The van der Waals surface area contributed by atoms with Gasteiger partial charge in [-0.1, -0.05) is 12.1 Å². The Morgan fingerprint density at radius 2 is 1.71 bits per heavy atom. The number of piperazine rings is 1. The third kappa shape index (κ3) is 7.13. The van der Waals surface area contributed by atoms with Crippen LogP contribution in [0.25, 0.3) is 0 Å². The molecule has 0 aliphatic carbocycles. The van der Waals surface area contributed by atoms with Crippen LogP contribution in [0.5, 0.6) is 5.75 Å². The molecule has 0 saturated carbocycles. The average molecular weight is 391 g/mol. The molecular formula is C21H34N4O3. The number of nitrogens with one attached hydrogen (secondary N) is 2. The Balaban J connectivity index is 1.68. The van der Waals surface area contributed by atoms with Crippen molar-refractivity contribution in [2.45, 2.75) is 39.3 Å². The topological polar surface area (TPSA) is 73.9 Å². The second kappa shape index (κ2) is 11.0. The highest BCUT2D eigenvalue weighted by Gasteiger charge is 2.26. The predicted octanol–water partition coefficient (Wildman–Crippen LogP) is 0.885. The van der Waals surface area contributed by atoms with E-state index in [0.29, 0.717) is 13.1 Å². The highest BCUT2D eigenvalue weighted by atomic mass is 16.5. The van der Waals surface area contributed by atoms with Crippen molar-refractivity contribution in [1.29, 1.82) is 0 Å². The zero-order valence-electron chi connectivity index (χ0n) is 17.5. The van der Waals surface area contributed by atoms with Crippen LogP contribution >= 0.6 is 0 Å². The van der Waals surface area contributed by atoms with Crippen molar-refractivity contribution in [2.24, 2.45) is 0 Å². The van der Waals surface area contributed by atoms with Gasteiger partial charge in [0.1, 0.15) is 5.75 Å². The van der Waals surface area contributed by atoms with Gasteiger partial charge in [0.2, 0.25) is 11.8 Å². The van der Waals surface area contributed by atoms with Crippen LogP contribution in [0, 0.1) is 0 Å². The summed E-state index contributed by atoms with van der Waals surface area (Å²) >= 11 is 0. The van der Waals surface area contributed by atoms with Crippen molar-refractivity contribution in [3.8, 4) is 5.75 Å². The van der Waals surface area contributed by atoms with Crippen molar-refractivity contribution in [3.05, 3.63) is 29.8 Å². The summed E-state index contributed by atoms with van der Waals surface area (Å²) in [5, 5.41) is 5.95. The average Bonchev–Trinajstić information content (AvgIpc) is 2.67. The van der Waals surface area contributed by atoms with E-state index >= 15 is 0 Å². The van der Waals surface area contributed by atoms with Crippen molar-refractivity contribution >= 4 is 11.8 Å². The van der Waals surface area contributed by atoms with Crippen LogP contribution in [0.4, 0.5) is 0 Å². The molecule has 156 valence electrons. The number of methoxy groups -OCH3 is 1. The quantitative estimate of drug-likeness (QED) is 0.655. The van der Waals surface area contributed by atoms with E-state index in [1.165, 1.54) is 5.56 Å². The minimum atomic E-state index is -0.164. The predicted molar refractivity (Wildman–Crippen MR) is 110 cm³/mol. The van der Waals surface area contributed by atoms with Gasteiger partial charge < -0.3 is 15.4 Å². The van der Waals surface area contributed by atoms with Crippen LogP contribution in [0.15, 0.2) is 24.3 Å². The molecule has 7 nitrogen and oxygen atoms in total. The molecule has 1 aliphatic rings. The van der Waals surface area contributed by atoms with E-state index in [-0.39, 0.29) is 23.9 Å². The summed E-state index contributed by atoms with van der Waals surface area (Å²) in [6.45, 7) is 10.1. The zero-order valence-corrected chi connectivity index (χ0v) is 17.5. The van der Waals surface area contributed by atoms with Crippen LogP contribution < -0.4 is 15.4 Å². The third-order valence-corrected chi connectivity index (χ3v) is 5.02. The second-order valence-electron chi connectivity index (χ2n) is 7.60. The summed E-state index contributed by atoms with van der Waals surface area (Å²) in [6.07, 6.45) is 0.793. The van der Waals surface area contributed by atoms with Gasteiger partial charge in [0.25, 0.3) is 0 Å². The molecule has 1 unspecified atom stereocenters. The van der Waals surface area contributed by atoms with Gasteiger partial charge in [-0.2, -0.15) is 0 Å². The molecule has 2 N–H and O–H groups in total. The molecule has 28 heavy (non-hydrogen) atoms. The lowest BCUT2D eigenvalue weighted by Crippen LogP contribution is -2.55. The van der Waals surface area contributed by atoms with E-state index in [1.54, 1.807) is 7.11 Å². The number of ether oxygens (including phenoxy) is 1. The normalized spacial score (nSPS) is 16.6. The largest absolute Gasteiger partial charge is 0.497 e. The molecule has 1 atom stereocenters. The molecule has 1 aromatic rings. The highest BCUT2D eigenvalue weighted by Crippen LogP contribution is 2.11. The fourth-order valence-corrected chi connectivity index (χ4v) is 3.32. The number of hydrogen-bond donors (Lipinski definition) is 2. The Hall–Kier alpha value is -2.12. The Labute approximate surface area is 168 Å². The summed E-state index contributed by atoms with van der Waals surface area (Å²) in [5.74, 6) is 0.953. The molecule has 0 aromatic heterocycles.